The van der Waals surface area contributed by atoms with E-state index in [1.165, 1.54) is 44.6 Å². The van der Waals surface area contributed by atoms with Crippen LogP contribution < -0.4 is 14.8 Å². The molecule has 2 aliphatic rings. The van der Waals surface area contributed by atoms with Gasteiger partial charge in [-0.3, -0.25) is 4.79 Å². The number of hydrogen-bond donors (Lipinski definition) is 1. The van der Waals surface area contributed by atoms with Gasteiger partial charge in [-0.1, -0.05) is 0 Å². The number of hydrogen-bond acceptors (Lipinski definition) is 5. The molecule has 3 atom stereocenters. The number of ether oxygens (including phenoxy) is 2. The molecular formula is C22H25FN2O5S. The highest BCUT2D eigenvalue weighted by Gasteiger charge is 2.48. The predicted molar refractivity (Wildman–Crippen MR) is 112 cm³/mol. The molecule has 2 fully saturated rings. The highest BCUT2D eigenvalue weighted by molar-refractivity contribution is 7.89. The Hall–Kier alpha value is -2.65. The van der Waals surface area contributed by atoms with Gasteiger partial charge in [-0.2, -0.15) is 4.31 Å². The Bertz CT molecular complexity index is 1060. The smallest absolute Gasteiger partial charge is 0.251 e. The first-order chi connectivity index (χ1) is 14.8. The number of carbonyl (C=O) groups excluding carboxylic acids is 1. The van der Waals surface area contributed by atoms with Gasteiger partial charge >= 0.3 is 0 Å². The molecule has 0 aliphatic carbocycles. The standard InChI is InChI=1S/C22H25FN2O5S/c1-29-19-9-10-20(30-2)21(13-19)31(27,28)25-17-7-8-18(25)12-16(11-17)24-22(26)14-3-5-15(23)6-4-14/h3-6,9-10,13,16-18H,7-8,11-12H2,1-2H3,(H,24,26)/t16?,17-,18+. The number of nitrogens with zero attached hydrogens (tertiary/aromatic N) is 1. The van der Waals surface area contributed by atoms with Crippen molar-refractivity contribution in [2.45, 2.75) is 48.7 Å². The van der Waals surface area contributed by atoms with Crippen molar-refractivity contribution >= 4 is 15.9 Å². The summed E-state index contributed by atoms with van der Waals surface area (Å²) in [6, 6.07) is 9.53. The van der Waals surface area contributed by atoms with Crippen LogP contribution in [-0.4, -0.2) is 51.0 Å². The maximum atomic E-state index is 13.5. The number of nitrogens with one attached hydrogen (secondary N) is 1. The summed E-state index contributed by atoms with van der Waals surface area (Å²) in [4.78, 5) is 12.6. The van der Waals surface area contributed by atoms with Crippen molar-refractivity contribution in [2.75, 3.05) is 14.2 Å². The lowest BCUT2D eigenvalue weighted by molar-refractivity contribution is 0.0909. The van der Waals surface area contributed by atoms with Crippen molar-refractivity contribution in [3.8, 4) is 11.5 Å². The molecule has 2 aromatic rings. The number of benzene rings is 2. The minimum Gasteiger partial charge on any atom is -0.497 e. The minimum atomic E-state index is -3.81. The van der Waals surface area contributed by atoms with Crippen LogP contribution in [0.4, 0.5) is 4.39 Å². The molecule has 2 bridgehead atoms. The van der Waals surface area contributed by atoms with Crippen molar-refractivity contribution in [1.82, 2.24) is 9.62 Å². The lowest BCUT2D eigenvalue weighted by atomic mass is 9.99. The van der Waals surface area contributed by atoms with Crippen LogP contribution >= 0.6 is 0 Å². The van der Waals surface area contributed by atoms with Gasteiger partial charge in [0.2, 0.25) is 10.0 Å². The Morgan fingerprint density at radius 2 is 1.68 bits per heavy atom. The van der Waals surface area contributed by atoms with Gasteiger partial charge in [0.25, 0.3) is 5.91 Å². The molecule has 31 heavy (non-hydrogen) atoms. The fraction of sp³-hybridized carbons (Fsp3) is 0.409. The first-order valence-electron chi connectivity index (χ1n) is 10.2. The summed E-state index contributed by atoms with van der Waals surface area (Å²) in [7, 11) is -0.888. The molecule has 0 saturated carbocycles. The van der Waals surface area contributed by atoms with Crippen molar-refractivity contribution in [3.63, 3.8) is 0 Å². The molecule has 2 saturated heterocycles. The summed E-state index contributed by atoms with van der Waals surface area (Å²) < 4.78 is 52.3. The molecule has 1 N–H and O–H groups in total. The fourth-order valence-electron chi connectivity index (χ4n) is 4.61. The number of amides is 1. The summed E-state index contributed by atoms with van der Waals surface area (Å²) in [5.41, 5.74) is 0.380. The maximum Gasteiger partial charge on any atom is 0.251 e. The third kappa shape index (κ3) is 4.12. The second-order valence-electron chi connectivity index (χ2n) is 7.89. The van der Waals surface area contributed by atoms with Crippen LogP contribution in [0.3, 0.4) is 0 Å². The zero-order valence-electron chi connectivity index (χ0n) is 17.4. The van der Waals surface area contributed by atoms with Gasteiger partial charge in [0, 0.05) is 29.8 Å². The van der Waals surface area contributed by atoms with Crippen LogP contribution in [0.2, 0.25) is 0 Å². The van der Waals surface area contributed by atoms with Gasteiger partial charge in [-0.25, -0.2) is 12.8 Å². The van der Waals surface area contributed by atoms with E-state index in [4.69, 9.17) is 9.47 Å². The topological polar surface area (TPSA) is 84.9 Å². The lowest BCUT2D eigenvalue weighted by Crippen LogP contribution is -2.52. The Labute approximate surface area is 181 Å². The normalized spacial score (nSPS) is 23.4. The Balaban J connectivity index is 1.53. The zero-order chi connectivity index (χ0) is 22.2. The van der Waals surface area contributed by atoms with E-state index in [2.05, 4.69) is 5.32 Å². The molecule has 0 aromatic heterocycles. The maximum absolute atomic E-state index is 13.5. The highest BCUT2D eigenvalue weighted by Crippen LogP contribution is 2.42. The van der Waals surface area contributed by atoms with E-state index in [1.54, 1.807) is 16.4 Å². The van der Waals surface area contributed by atoms with Gasteiger partial charge in [0.1, 0.15) is 22.2 Å². The second-order valence-corrected chi connectivity index (χ2v) is 9.70. The van der Waals surface area contributed by atoms with Crippen molar-refractivity contribution in [3.05, 3.63) is 53.8 Å². The third-order valence-corrected chi connectivity index (χ3v) is 8.06. The zero-order valence-corrected chi connectivity index (χ0v) is 18.2. The Morgan fingerprint density at radius 3 is 2.26 bits per heavy atom. The Morgan fingerprint density at radius 1 is 1.03 bits per heavy atom. The van der Waals surface area contributed by atoms with E-state index < -0.39 is 15.8 Å². The first-order valence-corrected chi connectivity index (χ1v) is 11.6. The van der Waals surface area contributed by atoms with Crippen molar-refractivity contribution in [2.24, 2.45) is 0 Å². The molecule has 0 radical (unpaired) electrons. The second kappa shape index (κ2) is 8.47. The van der Waals surface area contributed by atoms with Crippen LogP contribution in [0.5, 0.6) is 11.5 Å². The van der Waals surface area contributed by atoms with Gasteiger partial charge in [-0.05, 0) is 62.1 Å². The fourth-order valence-corrected chi connectivity index (χ4v) is 6.68. The summed E-state index contributed by atoms with van der Waals surface area (Å²) in [6.45, 7) is 0. The van der Waals surface area contributed by atoms with Crippen molar-refractivity contribution < 1.29 is 27.1 Å². The molecule has 1 unspecified atom stereocenters. The van der Waals surface area contributed by atoms with E-state index in [0.717, 1.165) is 12.8 Å². The number of fused-ring (bicyclic) bond motifs is 2. The SMILES string of the molecule is COc1ccc(OC)c(S(=O)(=O)N2[C@@H]3CC[C@H]2CC(NC(=O)c2ccc(F)cc2)C3)c1. The molecule has 9 heteroatoms. The van der Waals surface area contributed by atoms with E-state index in [0.29, 0.717) is 24.2 Å². The largest absolute Gasteiger partial charge is 0.497 e. The van der Waals surface area contributed by atoms with E-state index in [-0.39, 0.29) is 34.7 Å². The van der Waals surface area contributed by atoms with E-state index in [9.17, 15) is 17.6 Å². The predicted octanol–water partition coefficient (Wildman–Crippen LogP) is 2.96. The van der Waals surface area contributed by atoms with E-state index >= 15 is 0 Å². The van der Waals surface area contributed by atoms with Crippen LogP contribution in [0.15, 0.2) is 47.4 Å². The summed E-state index contributed by atoms with van der Waals surface area (Å²) in [6.07, 6.45) is 2.52. The summed E-state index contributed by atoms with van der Waals surface area (Å²) in [5.74, 6) is 0.0244. The number of sulfonamides is 1. The number of methoxy groups -OCH3 is 2. The average Bonchev–Trinajstić information content (AvgIpc) is 3.05. The number of piperidine rings is 1. The molecule has 1 amide bonds. The monoisotopic (exact) mass is 448 g/mol. The molecule has 2 aromatic carbocycles. The van der Waals surface area contributed by atoms with Gasteiger partial charge in [0.15, 0.2) is 0 Å². The number of halogens is 1. The molecule has 7 nitrogen and oxygen atoms in total. The van der Waals surface area contributed by atoms with Crippen molar-refractivity contribution in [1.29, 1.82) is 0 Å². The molecule has 0 spiro atoms. The lowest BCUT2D eigenvalue weighted by Gasteiger charge is -2.38. The van der Waals surface area contributed by atoms with Crippen LogP contribution in [-0.2, 0) is 10.0 Å². The Kier molecular flexibility index (Phi) is 5.90. The van der Waals surface area contributed by atoms with Crippen LogP contribution in [0.25, 0.3) is 0 Å². The highest BCUT2D eigenvalue weighted by atomic mass is 32.2. The molecular weight excluding hydrogens is 423 g/mol. The number of carbonyl (C=O) groups is 1. The molecule has 2 heterocycles. The third-order valence-electron chi connectivity index (χ3n) is 6.03. The minimum absolute atomic E-state index is 0.0834. The molecule has 166 valence electrons. The summed E-state index contributed by atoms with van der Waals surface area (Å²) in [5, 5.41) is 2.98. The van der Waals surface area contributed by atoms with Gasteiger partial charge in [0.05, 0.1) is 14.2 Å². The summed E-state index contributed by atoms with van der Waals surface area (Å²) >= 11 is 0. The quantitative estimate of drug-likeness (QED) is 0.735. The van der Waals surface area contributed by atoms with Gasteiger partial charge < -0.3 is 14.8 Å². The van der Waals surface area contributed by atoms with Crippen LogP contribution in [0.1, 0.15) is 36.0 Å². The molecule has 2 aliphatic heterocycles. The number of rotatable bonds is 6. The average molecular weight is 449 g/mol. The van der Waals surface area contributed by atoms with Gasteiger partial charge in [-0.15, -0.1) is 0 Å². The first kappa shape index (κ1) is 21.6. The van der Waals surface area contributed by atoms with Crippen LogP contribution in [0, 0.1) is 5.82 Å². The van der Waals surface area contributed by atoms with E-state index in [1.807, 2.05) is 0 Å². The molecule has 4 rings (SSSR count).